The summed E-state index contributed by atoms with van der Waals surface area (Å²) < 4.78 is 15.9. The Balaban J connectivity index is 2.77. The smallest absolute Gasteiger partial charge is 0.338 e. The van der Waals surface area contributed by atoms with Crippen LogP contribution in [0.25, 0.3) is 0 Å². The molecule has 1 heterocycles. The van der Waals surface area contributed by atoms with Gasteiger partial charge < -0.3 is 14.2 Å². The number of hydrogen-bond donors (Lipinski definition) is 0. The summed E-state index contributed by atoms with van der Waals surface area (Å²) in [6.07, 6.45) is 0.779. The second-order valence-electron chi connectivity index (χ2n) is 5.47. The maximum absolute atomic E-state index is 12.0. The highest BCUT2D eigenvalue weighted by atomic mass is 16.6. The molecule has 0 unspecified atom stereocenters. The highest BCUT2D eigenvalue weighted by molar-refractivity contribution is 5.80. The van der Waals surface area contributed by atoms with E-state index in [9.17, 15) is 9.59 Å². The number of carbonyl (C=O) groups is 2. The first-order chi connectivity index (χ1) is 8.77. The Hall–Kier alpha value is -1.10. The van der Waals surface area contributed by atoms with Gasteiger partial charge in [-0.2, -0.15) is 0 Å². The monoisotopic (exact) mass is 272 g/mol. The number of hydrogen-bond acceptors (Lipinski definition) is 5. The van der Waals surface area contributed by atoms with E-state index in [-0.39, 0.29) is 24.3 Å². The van der Waals surface area contributed by atoms with Gasteiger partial charge in [-0.1, -0.05) is 6.92 Å². The van der Waals surface area contributed by atoms with Crippen LogP contribution in [0.1, 0.15) is 47.5 Å². The van der Waals surface area contributed by atoms with Crippen molar-refractivity contribution in [3.8, 4) is 0 Å². The topological polar surface area (TPSA) is 61.8 Å². The molecule has 19 heavy (non-hydrogen) atoms. The summed E-state index contributed by atoms with van der Waals surface area (Å²) in [5.74, 6) is -0.675. The zero-order valence-electron chi connectivity index (χ0n) is 12.4. The minimum Gasteiger partial charge on any atom is -0.466 e. The van der Waals surface area contributed by atoms with Gasteiger partial charge in [-0.15, -0.1) is 0 Å². The molecule has 0 aliphatic carbocycles. The van der Waals surface area contributed by atoms with Gasteiger partial charge in [0, 0.05) is 0 Å². The van der Waals surface area contributed by atoms with Gasteiger partial charge >= 0.3 is 11.9 Å². The summed E-state index contributed by atoms with van der Waals surface area (Å²) in [7, 11) is 0. The van der Waals surface area contributed by atoms with Crippen molar-refractivity contribution in [2.75, 3.05) is 13.2 Å². The molecule has 0 bridgehead atoms. The van der Waals surface area contributed by atoms with E-state index in [1.807, 2.05) is 13.8 Å². The SMILES string of the molecule is CCOC(=O)C[C@@]1(C)C[C@H](C)[C@@](C)(C(=O)OCC)O1. The maximum atomic E-state index is 12.0. The normalized spacial score (nSPS) is 34.1. The van der Waals surface area contributed by atoms with Crippen LogP contribution in [0, 0.1) is 5.92 Å². The fraction of sp³-hybridized carbons (Fsp3) is 0.857. The van der Waals surface area contributed by atoms with Crippen molar-refractivity contribution in [3.05, 3.63) is 0 Å². The average molecular weight is 272 g/mol. The van der Waals surface area contributed by atoms with Gasteiger partial charge in [-0.25, -0.2) is 4.79 Å². The largest absolute Gasteiger partial charge is 0.466 e. The van der Waals surface area contributed by atoms with Gasteiger partial charge in [0.15, 0.2) is 5.60 Å². The van der Waals surface area contributed by atoms with Crippen molar-refractivity contribution in [1.29, 1.82) is 0 Å². The Labute approximate surface area is 114 Å². The second-order valence-corrected chi connectivity index (χ2v) is 5.47. The van der Waals surface area contributed by atoms with E-state index >= 15 is 0 Å². The molecule has 1 fully saturated rings. The molecule has 1 rings (SSSR count). The number of rotatable bonds is 5. The van der Waals surface area contributed by atoms with Gasteiger partial charge in [0.2, 0.25) is 0 Å². The van der Waals surface area contributed by atoms with E-state index in [1.165, 1.54) is 0 Å². The second kappa shape index (κ2) is 5.90. The van der Waals surface area contributed by atoms with E-state index in [0.29, 0.717) is 19.6 Å². The van der Waals surface area contributed by atoms with Crippen LogP contribution in [0.15, 0.2) is 0 Å². The molecule has 0 saturated carbocycles. The number of esters is 2. The molecule has 5 nitrogen and oxygen atoms in total. The van der Waals surface area contributed by atoms with Gasteiger partial charge in [-0.05, 0) is 40.0 Å². The molecule has 1 aliphatic heterocycles. The summed E-state index contributed by atoms with van der Waals surface area (Å²) in [6, 6.07) is 0. The van der Waals surface area contributed by atoms with Gasteiger partial charge in [-0.3, -0.25) is 4.79 Å². The Morgan fingerprint density at radius 2 is 1.79 bits per heavy atom. The third-order valence-electron chi connectivity index (χ3n) is 3.64. The molecule has 1 saturated heterocycles. The molecular weight excluding hydrogens is 248 g/mol. The molecule has 0 radical (unpaired) electrons. The predicted molar refractivity (Wildman–Crippen MR) is 69.6 cm³/mol. The third kappa shape index (κ3) is 3.47. The molecule has 0 N–H and O–H groups in total. The molecular formula is C14H24O5. The van der Waals surface area contributed by atoms with Crippen molar-refractivity contribution < 1.29 is 23.8 Å². The van der Waals surface area contributed by atoms with Crippen LogP contribution in [0.5, 0.6) is 0 Å². The van der Waals surface area contributed by atoms with E-state index in [0.717, 1.165) is 0 Å². The van der Waals surface area contributed by atoms with Crippen LogP contribution in [-0.2, 0) is 23.8 Å². The first-order valence-corrected chi connectivity index (χ1v) is 6.80. The molecule has 1 aliphatic rings. The summed E-state index contributed by atoms with van der Waals surface area (Å²) in [6.45, 7) is 9.70. The van der Waals surface area contributed by atoms with Crippen LogP contribution >= 0.6 is 0 Å². The molecule has 0 amide bonds. The van der Waals surface area contributed by atoms with Crippen molar-refractivity contribution in [2.45, 2.75) is 58.7 Å². The first-order valence-electron chi connectivity index (χ1n) is 6.80. The Bertz CT molecular complexity index is 354. The zero-order valence-corrected chi connectivity index (χ0v) is 12.4. The van der Waals surface area contributed by atoms with E-state index in [2.05, 4.69) is 0 Å². The zero-order chi connectivity index (χ0) is 14.7. The molecule has 0 aromatic heterocycles. The van der Waals surface area contributed by atoms with Crippen molar-refractivity contribution in [2.24, 2.45) is 5.92 Å². The number of ether oxygens (including phenoxy) is 3. The molecule has 0 aromatic rings. The van der Waals surface area contributed by atoms with Crippen LogP contribution in [-0.4, -0.2) is 36.4 Å². The average Bonchev–Trinajstić information content (AvgIpc) is 2.50. The quantitative estimate of drug-likeness (QED) is 0.717. The number of carbonyl (C=O) groups excluding carboxylic acids is 2. The highest BCUT2D eigenvalue weighted by Gasteiger charge is 2.55. The third-order valence-corrected chi connectivity index (χ3v) is 3.64. The van der Waals surface area contributed by atoms with Crippen LogP contribution in [0.2, 0.25) is 0 Å². The lowest BCUT2D eigenvalue weighted by atomic mass is 9.86. The summed E-state index contributed by atoms with van der Waals surface area (Å²) in [4.78, 5) is 23.6. The fourth-order valence-corrected chi connectivity index (χ4v) is 2.64. The van der Waals surface area contributed by atoms with E-state index in [1.54, 1.807) is 20.8 Å². The maximum Gasteiger partial charge on any atom is 0.338 e. The van der Waals surface area contributed by atoms with E-state index < -0.39 is 11.2 Å². The van der Waals surface area contributed by atoms with Crippen molar-refractivity contribution in [3.63, 3.8) is 0 Å². The lowest BCUT2D eigenvalue weighted by molar-refractivity contribution is -0.182. The lowest BCUT2D eigenvalue weighted by Crippen LogP contribution is -2.43. The lowest BCUT2D eigenvalue weighted by Gasteiger charge is -2.29. The van der Waals surface area contributed by atoms with Crippen LogP contribution in [0.3, 0.4) is 0 Å². The van der Waals surface area contributed by atoms with Gasteiger partial charge in [0.25, 0.3) is 0 Å². The predicted octanol–water partition coefficient (Wildman–Crippen LogP) is 2.08. The Kier molecular flexibility index (Phi) is 4.96. The van der Waals surface area contributed by atoms with Gasteiger partial charge in [0.05, 0.1) is 25.2 Å². The molecule has 110 valence electrons. The molecule has 3 atom stereocenters. The van der Waals surface area contributed by atoms with Crippen molar-refractivity contribution in [1.82, 2.24) is 0 Å². The minimum atomic E-state index is -0.989. The van der Waals surface area contributed by atoms with Crippen LogP contribution < -0.4 is 0 Å². The molecule has 0 aromatic carbocycles. The Morgan fingerprint density at radius 1 is 1.21 bits per heavy atom. The first kappa shape index (κ1) is 16.0. The summed E-state index contributed by atoms with van der Waals surface area (Å²) >= 11 is 0. The molecule has 5 heteroatoms. The fourth-order valence-electron chi connectivity index (χ4n) is 2.64. The molecule has 0 spiro atoms. The minimum absolute atomic E-state index is 0.00836. The van der Waals surface area contributed by atoms with Crippen molar-refractivity contribution >= 4 is 11.9 Å². The van der Waals surface area contributed by atoms with E-state index in [4.69, 9.17) is 14.2 Å². The van der Waals surface area contributed by atoms with Gasteiger partial charge in [0.1, 0.15) is 0 Å². The Morgan fingerprint density at radius 3 is 2.32 bits per heavy atom. The summed E-state index contributed by atoms with van der Waals surface area (Å²) in [5, 5.41) is 0. The standard InChI is InChI=1S/C14H24O5/c1-6-17-11(15)9-13(4)8-10(3)14(5,19-13)12(16)18-7-2/h10H,6-9H2,1-5H3/t10-,13+,14-/m0/s1. The van der Waals surface area contributed by atoms with Crippen LogP contribution in [0.4, 0.5) is 0 Å². The summed E-state index contributed by atoms with van der Waals surface area (Å²) in [5.41, 5.74) is -1.66. The highest BCUT2D eigenvalue weighted by Crippen LogP contribution is 2.44.